The molecule has 6 heterocycles. The zero-order valence-corrected chi connectivity index (χ0v) is 21.0. The van der Waals surface area contributed by atoms with Crippen LogP contribution in [0.2, 0.25) is 0 Å². The molecule has 0 saturated carbocycles. The van der Waals surface area contributed by atoms with E-state index in [2.05, 4.69) is 28.8 Å². The van der Waals surface area contributed by atoms with Gasteiger partial charge in [-0.05, 0) is 24.5 Å². The number of fused-ring (bicyclic) bond motifs is 11. The summed E-state index contributed by atoms with van der Waals surface area (Å²) < 4.78 is 63.6. The monoisotopic (exact) mass is 565 g/mol. The topological polar surface area (TPSA) is 241 Å². The summed E-state index contributed by atoms with van der Waals surface area (Å²) in [6.07, 6.45) is -2.88. The van der Waals surface area contributed by atoms with Crippen molar-refractivity contribution in [1.82, 2.24) is 19.1 Å². The predicted octanol–water partition coefficient (Wildman–Crippen LogP) is 1.19. The average Bonchev–Trinajstić information content (AvgIpc) is 3.41. The van der Waals surface area contributed by atoms with E-state index >= 15 is 0 Å². The molecule has 2 fully saturated rings. The highest BCUT2D eigenvalue weighted by atomic mass is 31.3. The number of aromatic nitrogens is 4. The number of hydrogen-bond donors (Lipinski definition) is 2. The summed E-state index contributed by atoms with van der Waals surface area (Å²) in [5.74, 6) is -1.39. The zero-order valence-electron chi connectivity index (χ0n) is 19.2. The smallest absolute Gasteiger partial charge is 0.358 e. The minimum Gasteiger partial charge on any atom is -0.358 e. The van der Waals surface area contributed by atoms with Crippen LogP contribution < -0.4 is 5.56 Å². The number of nitrogens with zero attached hydrogens (tertiary/aromatic N) is 7. The highest BCUT2D eigenvalue weighted by Crippen LogP contribution is 2.60. The fraction of sp³-hybridized carbons (Fsp3) is 0.688. The van der Waals surface area contributed by atoms with Crippen LogP contribution in [-0.4, -0.2) is 72.8 Å². The molecular formula is C16H21N7O12P2. The van der Waals surface area contributed by atoms with Crippen molar-refractivity contribution in [3.05, 3.63) is 27.1 Å². The van der Waals surface area contributed by atoms with E-state index in [0.717, 1.165) is 10.9 Å². The first-order chi connectivity index (χ1) is 17.4. The van der Waals surface area contributed by atoms with Gasteiger partial charge < -0.3 is 28.7 Å². The molecule has 21 heteroatoms. The summed E-state index contributed by atoms with van der Waals surface area (Å²) >= 11 is 0. The fourth-order valence-electron chi connectivity index (χ4n) is 4.15. The standard InChI is InChI=1S/C16H21N7O12P2/c1-16(2)33-10-8-5-31-37(27,28)35-36(25,26)30-4-3-29-7-22-6-18-12-9(13(22)24)19-15(20-21-17)23(12)14(32-8)11(10)34-16/h6,8,10-11,14H,3-5,7H2,1-2H3,(H,25,26)(H,27,28)/t8-,10-,11-,14-/m1/s1. The summed E-state index contributed by atoms with van der Waals surface area (Å²) in [4.78, 5) is 43.9. The summed E-state index contributed by atoms with van der Waals surface area (Å²) in [6.45, 7) is 1.39. The number of azide groups is 1. The van der Waals surface area contributed by atoms with E-state index in [1.165, 1.54) is 4.57 Å². The number of phosphoric ester groups is 2. The Morgan fingerprint density at radius 2 is 1.92 bits per heavy atom. The second-order valence-electron chi connectivity index (χ2n) is 8.48. The summed E-state index contributed by atoms with van der Waals surface area (Å²) in [5, 5.41) is 3.56. The number of phosphoric acid groups is 2. The van der Waals surface area contributed by atoms with Crippen molar-refractivity contribution in [3.8, 4) is 0 Å². The van der Waals surface area contributed by atoms with Crippen molar-refractivity contribution in [2.75, 3.05) is 19.8 Å². The Labute approximate surface area is 206 Å². The van der Waals surface area contributed by atoms with E-state index < -0.39 is 64.7 Å². The second kappa shape index (κ2) is 9.50. The number of imidazole rings is 1. The maximum atomic E-state index is 13.0. The van der Waals surface area contributed by atoms with Gasteiger partial charge >= 0.3 is 15.6 Å². The lowest BCUT2D eigenvalue weighted by molar-refractivity contribution is -0.199. The summed E-state index contributed by atoms with van der Waals surface area (Å²) in [5.41, 5.74) is 8.28. The van der Waals surface area contributed by atoms with Gasteiger partial charge in [-0.15, -0.1) is 0 Å². The lowest BCUT2D eigenvalue weighted by Gasteiger charge is -2.25. The molecule has 6 atom stereocenters. The van der Waals surface area contributed by atoms with E-state index in [1.54, 1.807) is 13.8 Å². The Morgan fingerprint density at radius 3 is 2.68 bits per heavy atom. The van der Waals surface area contributed by atoms with Crippen LogP contribution in [0.4, 0.5) is 5.95 Å². The van der Waals surface area contributed by atoms with Crippen LogP contribution in [0.15, 0.2) is 16.2 Å². The Bertz CT molecular complexity index is 1420. The van der Waals surface area contributed by atoms with Crippen LogP contribution in [0.3, 0.4) is 0 Å². The van der Waals surface area contributed by atoms with Gasteiger partial charge in [0.15, 0.2) is 23.2 Å². The highest BCUT2D eigenvalue weighted by molar-refractivity contribution is 7.61. The van der Waals surface area contributed by atoms with Gasteiger partial charge in [-0.2, -0.15) is 4.31 Å². The zero-order chi connectivity index (χ0) is 26.6. The number of hydrogen-bond acceptors (Lipinski definition) is 13. The average molecular weight is 565 g/mol. The van der Waals surface area contributed by atoms with Crippen LogP contribution in [0.25, 0.3) is 21.6 Å². The molecule has 2 unspecified atom stereocenters. The lowest BCUT2D eigenvalue weighted by atomic mass is 10.1. The molecule has 2 N–H and O–H groups in total. The predicted molar refractivity (Wildman–Crippen MR) is 117 cm³/mol. The normalized spacial score (nSPS) is 36.2. The van der Waals surface area contributed by atoms with Gasteiger partial charge in [0.25, 0.3) is 5.56 Å². The largest absolute Gasteiger partial charge is 0.481 e. The third kappa shape index (κ3) is 5.22. The second-order valence-corrected chi connectivity index (χ2v) is 11.5. The molecule has 0 radical (unpaired) electrons. The molecule has 37 heavy (non-hydrogen) atoms. The first-order valence-corrected chi connectivity index (χ1v) is 13.7. The molecule has 2 saturated heterocycles. The van der Waals surface area contributed by atoms with Gasteiger partial charge in [-0.3, -0.25) is 23.0 Å². The van der Waals surface area contributed by atoms with Gasteiger partial charge in [0.1, 0.15) is 31.4 Å². The fourth-order valence-corrected chi connectivity index (χ4v) is 6.21. The quantitative estimate of drug-likeness (QED) is 0.214. The van der Waals surface area contributed by atoms with Crippen molar-refractivity contribution in [3.63, 3.8) is 0 Å². The Hall–Kier alpha value is -2.24. The summed E-state index contributed by atoms with van der Waals surface area (Å²) in [6, 6.07) is 0. The molecule has 6 rings (SSSR count). The molecule has 19 nitrogen and oxygen atoms in total. The van der Waals surface area contributed by atoms with Crippen LogP contribution in [0, 0.1) is 0 Å². The molecule has 0 amide bonds. The van der Waals surface area contributed by atoms with E-state index in [9.17, 15) is 23.7 Å². The Kier molecular flexibility index (Phi) is 6.77. The highest BCUT2D eigenvalue weighted by Gasteiger charge is 2.57. The van der Waals surface area contributed by atoms with E-state index in [-0.39, 0.29) is 30.4 Å². The van der Waals surface area contributed by atoms with Crippen molar-refractivity contribution >= 4 is 32.8 Å². The van der Waals surface area contributed by atoms with Gasteiger partial charge in [-0.1, -0.05) is 0 Å². The van der Waals surface area contributed by atoms with Gasteiger partial charge in [0, 0.05) is 4.91 Å². The summed E-state index contributed by atoms with van der Waals surface area (Å²) in [7, 11) is -10.2. The van der Waals surface area contributed by atoms with Gasteiger partial charge in [-0.25, -0.2) is 19.1 Å². The molecule has 2 aromatic rings. The third-order valence-electron chi connectivity index (χ3n) is 5.48. The maximum Gasteiger partial charge on any atom is 0.481 e. The first-order valence-electron chi connectivity index (χ1n) is 10.7. The van der Waals surface area contributed by atoms with E-state index in [4.69, 9.17) is 29.0 Å². The number of ether oxygens (including phenoxy) is 4. The van der Waals surface area contributed by atoms with Crippen LogP contribution in [-0.2, 0) is 48.2 Å². The molecule has 6 bridgehead atoms. The van der Waals surface area contributed by atoms with Crippen LogP contribution >= 0.6 is 15.6 Å². The van der Waals surface area contributed by atoms with E-state index in [1.807, 2.05) is 0 Å². The van der Waals surface area contributed by atoms with Crippen LogP contribution in [0.5, 0.6) is 0 Å². The molecule has 0 aromatic carbocycles. The van der Waals surface area contributed by atoms with Crippen molar-refractivity contribution in [2.24, 2.45) is 5.11 Å². The van der Waals surface area contributed by atoms with Crippen LogP contribution in [0.1, 0.15) is 20.1 Å². The van der Waals surface area contributed by atoms with Crippen molar-refractivity contribution in [1.29, 1.82) is 0 Å². The van der Waals surface area contributed by atoms with Gasteiger partial charge in [0.2, 0.25) is 5.95 Å². The minimum absolute atomic E-state index is 0.00380. The van der Waals surface area contributed by atoms with Crippen molar-refractivity contribution < 1.29 is 51.2 Å². The molecule has 0 spiro atoms. The SMILES string of the molecule is CC1(C)O[C@@H]2[C@H](O1)[C@H]1COP(=O)(O)OP(=O)(O)OCCOCn3cnc4c(nc(N=[N+]=[N-])n4[C@@H]2O1)c3=O. The Morgan fingerprint density at radius 1 is 1.19 bits per heavy atom. The third-order valence-corrected chi connectivity index (χ3v) is 8.12. The molecule has 4 aliphatic heterocycles. The number of rotatable bonds is 1. The molecule has 4 aliphatic rings. The Balaban J connectivity index is 1.61. The molecule has 202 valence electrons. The van der Waals surface area contributed by atoms with Crippen molar-refractivity contribution in [2.45, 2.75) is 50.9 Å². The molecular weight excluding hydrogens is 544 g/mol. The first kappa shape index (κ1) is 26.4. The van der Waals surface area contributed by atoms with Gasteiger partial charge in [0.05, 0.1) is 19.8 Å². The minimum atomic E-state index is -5.12. The molecule has 2 aromatic heterocycles. The maximum absolute atomic E-state index is 13.0. The lowest BCUT2D eigenvalue weighted by Crippen LogP contribution is -2.32. The van der Waals surface area contributed by atoms with E-state index in [0.29, 0.717) is 0 Å². The molecule has 0 aliphatic carbocycles.